The topological polar surface area (TPSA) is 124 Å². The number of halogens is 4. The maximum atomic E-state index is 15.5. The Balaban J connectivity index is 1.60. The van der Waals surface area contributed by atoms with Gasteiger partial charge in [0, 0.05) is 35.0 Å². The summed E-state index contributed by atoms with van der Waals surface area (Å²) < 4.78 is 69.7. The summed E-state index contributed by atoms with van der Waals surface area (Å²) in [7, 11) is 0. The minimum Gasteiger partial charge on any atom is -0.490 e. The van der Waals surface area contributed by atoms with E-state index in [-0.39, 0.29) is 40.6 Å². The second kappa shape index (κ2) is 12.2. The Hall–Kier alpha value is -4.72. The van der Waals surface area contributed by atoms with Crippen LogP contribution in [-0.2, 0) is 22.5 Å². The first-order chi connectivity index (χ1) is 21.5. The van der Waals surface area contributed by atoms with Gasteiger partial charge in [0.1, 0.15) is 5.75 Å². The second-order valence-corrected chi connectivity index (χ2v) is 11.9. The normalized spacial score (nSPS) is 14.0. The van der Waals surface area contributed by atoms with E-state index in [1.54, 1.807) is 34.6 Å². The number of hydrogen-bond donors (Lipinski definition) is 2. The average Bonchev–Trinajstić information content (AvgIpc) is 3.39. The highest BCUT2D eigenvalue weighted by Gasteiger charge is 2.35. The zero-order valence-electron chi connectivity index (χ0n) is 25.7. The number of nitrogens with one attached hydrogen (secondary N) is 1. The number of carboxylic acid groups (broad SMARTS) is 1. The fraction of sp³-hybridized carbons (Fsp3) is 0.375. The highest BCUT2D eigenvalue weighted by molar-refractivity contribution is 5.93. The molecule has 3 heterocycles. The summed E-state index contributed by atoms with van der Waals surface area (Å²) in [6, 6.07) is 7.68. The third kappa shape index (κ3) is 6.91. The van der Waals surface area contributed by atoms with E-state index >= 15 is 4.39 Å². The molecule has 1 aliphatic heterocycles. The lowest BCUT2D eigenvalue weighted by atomic mass is 9.91. The largest absolute Gasteiger partial charge is 0.573 e. The van der Waals surface area contributed by atoms with Crippen molar-refractivity contribution in [3.05, 3.63) is 75.9 Å². The molecule has 0 radical (unpaired) electrons. The van der Waals surface area contributed by atoms with Crippen molar-refractivity contribution in [1.82, 2.24) is 19.9 Å². The molecule has 0 spiro atoms. The fourth-order valence-corrected chi connectivity index (χ4v) is 5.39. The van der Waals surface area contributed by atoms with Crippen LogP contribution >= 0.6 is 0 Å². The van der Waals surface area contributed by atoms with Crippen LogP contribution in [0.2, 0.25) is 0 Å². The number of aryl methyl sites for hydroxylation is 1. The van der Waals surface area contributed by atoms with Gasteiger partial charge in [-0.05, 0) is 76.8 Å². The third-order valence-electron chi connectivity index (χ3n) is 7.32. The van der Waals surface area contributed by atoms with Crippen LogP contribution in [0.1, 0.15) is 71.7 Å². The molecule has 0 fully saturated rings. The third-order valence-corrected chi connectivity index (χ3v) is 7.32. The van der Waals surface area contributed by atoms with Gasteiger partial charge in [-0.15, -0.1) is 13.2 Å². The lowest BCUT2D eigenvalue weighted by Gasteiger charge is -2.28. The average molecular weight is 645 g/mol. The molecule has 2 aromatic carbocycles. The first kappa shape index (κ1) is 32.7. The molecule has 0 bridgehead atoms. The summed E-state index contributed by atoms with van der Waals surface area (Å²) in [4.78, 5) is 30.4. The quantitative estimate of drug-likeness (QED) is 0.216. The summed E-state index contributed by atoms with van der Waals surface area (Å²) in [5.41, 5.74) is 1.99. The van der Waals surface area contributed by atoms with E-state index in [2.05, 4.69) is 20.1 Å². The smallest absolute Gasteiger partial charge is 0.490 e. The first-order valence-electron chi connectivity index (χ1n) is 14.4. The van der Waals surface area contributed by atoms with Crippen molar-refractivity contribution < 1.29 is 46.5 Å². The Kier molecular flexibility index (Phi) is 8.69. The minimum absolute atomic E-state index is 0.0424. The lowest BCUT2D eigenvalue weighted by molar-refractivity contribution is -0.274. The molecule has 244 valence electrons. The Morgan fingerprint density at radius 2 is 1.83 bits per heavy atom. The van der Waals surface area contributed by atoms with Gasteiger partial charge in [0.05, 0.1) is 17.9 Å². The summed E-state index contributed by atoms with van der Waals surface area (Å²) in [5.74, 6) is -2.80. The molecule has 5 rings (SSSR count). The van der Waals surface area contributed by atoms with Gasteiger partial charge in [-0.1, -0.05) is 12.1 Å². The highest BCUT2D eigenvalue weighted by atomic mass is 19.4. The molecule has 0 aliphatic carbocycles. The minimum atomic E-state index is -4.83. The number of benzene rings is 2. The van der Waals surface area contributed by atoms with Crippen molar-refractivity contribution in [3.8, 4) is 22.8 Å². The predicted molar refractivity (Wildman–Crippen MR) is 157 cm³/mol. The molecule has 2 N–H and O–H groups in total. The Labute approximate surface area is 261 Å². The van der Waals surface area contributed by atoms with E-state index in [1.807, 2.05) is 0 Å². The summed E-state index contributed by atoms with van der Waals surface area (Å²) in [6.07, 6.45) is -5.13. The number of aromatic nitrogens is 3. The van der Waals surface area contributed by atoms with E-state index in [9.17, 15) is 27.9 Å². The SMILES string of the molecule is Cc1nc2cc(C(=O)NCc3ccc(OC(F)(F)F)cc3)nn2c(-c2cc(F)c3c(c2C)CCCO3)c1[C@H](OC(C)(C)C)C(=O)O. The van der Waals surface area contributed by atoms with Crippen LogP contribution in [0, 0.1) is 19.7 Å². The van der Waals surface area contributed by atoms with Crippen molar-refractivity contribution in [2.24, 2.45) is 0 Å². The van der Waals surface area contributed by atoms with Gasteiger partial charge in [0.2, 0.25) is 0 Å². The molecule has 10 nitrogen and oxygen atoms in total. The Bertz CT molecular complexity index is 1810. The molecular weight excluding hydrogens is 612 g/mol. The van der Waals surface area contributed by atoms with Crippen LogP contribution in [0.15, 0.2) is 36.4 Å². The Morgan fingerprint density at radius 1 is 1.13 bits per heavy atom. The number of hydrogen-bond acceptors (Lipinski definition) is 7. The van der Waals surface area contributed by atoms with Gasteiger partial charge in [0.25, 0.3) is 5.91 Å². The standard InChI is InChI=1S/C32H32F4N4O6/c1-16-20-7-6-12-44-27(20)22(33)13-21(16)26-25(28(30(42)43)46-31(3,4)5)17(2)38-24-14-23(39-40(24)26)29(41)37-15-18-8-10-19(11-9-18)45-32(34,35)36/h8-11,13-14,28H,6-7,12,15H2,1-5H3,(H,37,41)(H,42,43)/t28-/m0/s1. The number of rotatable bonds is 8. The molecule has 0 saturated carbocycles. The zero-order valence-corrected chi connectivity index (χ0v) is 25.7. The van der Waals surface area contributed by atoms with E-state index in [4.69, 9.17) is 9.47 Å². The van der Waals surface area contributed by atoms with Gasteiger partial charge in [-0.25, -0.2) is 18.7 Å². The van der Waals surface area contributed by atoms with Crippen molar-refractivity contribution in [3.63, 3.8) is 0 Å². The highest BCUT2D eigenvalue weighted by Crippen LogP contribution is 2.41. The number of carbonyl (C=O) groups excluding carboxylic acids is 1. The van der Waals surface area contributed by atoms with Crippen LogP contribution in [0.25, 0.3) is 16.9 Å². The molecule has 1 amide bonds. The molecule has 46 heavy (non-hydrogen) atoms. The predicted octanol–water partition coefficient (Wildman–Crippen LogP) is 6.25. The molecule has 0 saturated heterocycles. The van der Waals surface area contributed by atoms with E-state index in [1.165, 1.54) is 28.8 Å². The molecule has 0 unspecified atom stereocenters. The number of fused-ring (bicyclic) bond motifs is 2. The Morgan fingerprint density at radius 3 is 2.46 bits per heavy atom. The van der Waals surface area contributed by atoms with Crippen LogP contribution in [0.3, 0.4) is 0 Å². The van der Waals surface area contributed by atoms with Gasteiger partial charge < -0.3 is 24.6 Å². The molecule has 4 aromatic rings. The zero-order chi connectivity index (χ0) is 33.6. The second-order valence-electron chi connectivity index (χ2n) is 11.9. The molecule has 2 aromatic heterocycles. The van der Waals surface area contributed by atoms with Crippen molar-refractivity contribution >= 4 is 17.5 Å². The van der Waals surface area contributed by atoms with Gasteiger partial charge in [-0.2, -0.15) is 5.10 Å². The van der Waals surface area contributed by atoms with Crippen LogP contribution < -0.4 is 14.8 Å². The van der Waals surface area contributed by atoms with Gasteiger partial charge >= 0.3 is 12.3 Å². The van der Waals surface area contributed by atoms with Gasteiger partial charge in [0.15, 0.2) is 29.0 Å². The van der Waals surface area contributed by atoms with Crippen LogP contribution in [-0.4, -0.2) is 50.2 Å². The van der Waals surface area contributed by atoms with Crippen molar-refractivity contribution in [2.45, 2.75) is 72.1 Å². The summed E-state index contributed by atoms with van der Waals surface area (Å²) >= 11 is 0. The first-order valence-corrected chi connectivity index (χ1v) is 14.4. The maximum absolute atomic E-state index is 15.5. The van der Waals surface area contributed by atoms with E-state index < -0.39 is 41.5 Å². The summed E-state index contributed by atoms with van der Waals surface area (Å²) in [6.45, 7) is 8.84. The van der Waals surface area contributed by atoms with Crippen molar-refractivity contribution in [2.75, 3.05) is 6.61 Å². The fourth-order valence-electron chi connectivity index (χ4n) is 5.39. The number of aliphatic carboxylic acids is 1. The molecular formula is C32H32F4N4O6. The molecule has 1 atom stereocenters. The van der Waals surface area contributed by atoms with Crippen LogP contribution in [0.5, 0.6) is 11.5 Å². The number of nitrogens with zero attached hydrogens (tertiary/aromatic N) is 3. The lowest BCUT2D eigenvalue weighted by Crippen LogP contribution is -2.29. The maximum Gasteiger partial charge on any atom is 0.573 e. The number of carbonyl (C=O) groups is 2. The monoisotopic (exact) mass is 644 g/mol. The molecule has 1 aliphatic rings. The van der Waals surface area contributed by atoms with E-state index in [0.717, 1.165) is 12.1 Å². The molecule has 14 heteroatoms. The number of carboxylic acids is 1. The number of amides is 1. The van der Waals surface area contributed by atoms with Crippen molar-refractivity contribution in [1.29, 1.82) is 0 Å². The van der Waals surface area contributed by atoms with Crippen LogP contribution in [0.4, 0.5) is 17.6 Å². The summed E-state index contributed by atoms with van der Waals surface area (Å²) in [5, 5.41) is 17.5. The number of ether oxygens (including phenoxy) is 3. The van der Waals surface area contributed by atoms with Gasteiger partial charge in [-0.3, -0.25) is 4.79 Å². The number of alkyl halides is 3. The van der Waals surface area contributed by atoms with E-state index in [0.29, 0.717) is 41.7 Å².